The SMILES string of the molecule is Cc1cccc(OCc2coc3c(C(=O)O)cccc23)c1. The van der Waals surface area contributed by atoms with Gasteiger partial charge in [-0.3, -0.25) is 0 Å². The zero-order valence-corrected chi connectivity index (χ0v) is 11.5. The van der Waals surface area contributed by atoms with Crippen LogP contribution in [-0.2, 0) is 6.61 Å². The molecule has 0 spiro atoms. The number of hydrogen-bond acceptors (Lipinski definition) is 3. The van der Waals surface area contributed by atoms with Gasteiger partial charge in [0, 0.05) is 10.9 Å². The molecule has 0 amide bonds. The number of hydrogen-bond donors (Lipinski definition) is 1. The highest BCUT2D eigenvalue weighted by atomic mass is 16.5. The number of aromatic carboxylic acids is 1. The second-order valence-corrected chi connectivity index (χ2v) is 4.85. The molecule has 0 saturated carbocycles. The largest absolute Gasteiger partial charge is 0.489 e. The first kappa shape index (κ1) is 13.2. The van der Waals surface area contributed by atoms with Gasteiger partial charge >= 0.3 is 5.97 Å². The van der Waals surface area contributed by atoms with Crippen molar-refractivity contribution >= 4 is 16.9 Å². The molecule has 1 N–H and O–H groups in total. The van der Waals surface area contributed by atoms with Crippen molar-refractivity contribution in [1.82, 2.24) is 0 Å². The van der Waals surface area contributed by atoms with Crippen molar-refractivity contribution in [2.45, 2.75) is 13.5 Å². The number of para-hydroxylation sites is 1. The molecule has 0 aliphatic carbocycles. The van der Waals surface area contributed by atoms with Gasteiger partial charge in [-0.15, -0.1) is 0 Å². The van der Waals surface area contributed by atoms with Gasteiger partial charge in [0.1, 0.15) is 23.5 Å². The van der Waals surface area contributed by atoms with Gasteiger partial charge in [-0.05, 0) is 30.7 Å². The monoisotopic (exact) mass is 282 g/mol. The molecule has 0 saturated heterocycles. The summed E-state index contributed by atoms with van der Waals surface area (Å²) in [5.74, 6) is -0.222. The summed E-state index contributed by atoms with van der Waals surface area (Å²) < 4.78 is 11.1. The van der Waals surface area contributed by atoms with Gasteiger partial charge in [-0.1, -0.05) is 24.3 Å². The Kier molecular flexibility index (Phi) is 3.36. The maximum absolute atomic E-state index is 11.1. The van der Waals surface area contributed by atoms with Crippen LogP contribution in [0.5, 0.6) is 5.75 Å². The molecule has 21 heavy (non-hydrogen) atoms. The highest BCUT2D eigenvalue weighted by Crippen LogP contribution is 2.26. The molecule has 1 heterocycles. The maximum Gasteiger partial charge on any atom is 0.339 e. The van der Waals surface area contributed by atoms with Crippen molar-refractivity contribution in [3.8, 4) is 5.75 Å². The number of carbonyl (C=O) groups is 1. The van der Waals surface area contributed by atoms with E-state index >= 15 is 0 Å². The fourth-order valence-electron chi connectivity index (χ4n) is 2.26. The van der Waals surface area contributed by atoms with E-state index in [0.29, 0.717) is 12.2 Å². The third-order valence-electron chi connectivity index (χ3n) is 3.29. The lowest BCUT2D eigenvalue weighted by Crippen LogP contribution is -1.97. The Morgan fingerprint density at radius 1 is 1.24 bits per heavy atom. The molecule has 0 radical (unpaired) electrons. The fraction of sp³-hybridized carbons (Fsp3) is 0.118. The minimum absolute atomic E-state index is 0.161. The van der Waals surface area contributed by atoms with Gasteiger partial charge in [-0.25, -0.2) is 4.79 Å². The number of benzene rings is 2. The van der Waals surface area contributed by atoms with Gasteiger partial charge in [0.2, 0.25) is 0 Å². The maximum atomic E-state index is 11.1. The van der Waals surface area contributed by atoms with Gasteiger partial charge in [-0.2, -0.15) is 0 Å². The molecule has 4 nitrogen and oxygen atoms in total. The molecule has 0 atom stereocenters. The molecular weight excluding hydrogens is 268 g/mol. The van der Waals surface area contributed by atoms with Crippen LogP contribution in [0.2, 0.25) is 0 Å². The summed E-state index contributed by atoms with van der Waals surface area (Å²) in [5.41, 5.74) is 2.49. The van der Waals surface area contributed by atoms with E-state index in [1.807, 2.05) is 37.3 Å². The van der Waals surface area contributed by atoms with Crippen molar-refractivity contribution < 1.29 is 19.1 Å². The van der Waals surface area contributed by atoms with E-state index in [0.717, 1.165) is 22.3 Å². The molecule has 0 aliphatic heterocycles. The van der Waals surface area contributed by atoms with E-state index in [2.05, 4.69) is 0 Å². The normalized spacial score (nSPS) is 10.7. The van der Waals surface area contributed by atoms with E-state index in [1.54, 1.807) is 12.3 Å². The molecule has 1 aromatic heterocycles. The topological polar surface area (TPSA) is 59.7 Å². The number of furan rings is 1. The Balaban J connectivity index is 1.88. The Bertz CT molecular complexity index is 801. The molecule has 106 valence electrons. The third kappa shape index (κ3) is 2.60. The van der Waals surface area contributed by atoms with Gasteiger partial charge < -0.3 is 14.3 Å². The van der Waals surface area contributed by atoms with Crippen LogP contribution in [0.3, 0.4) is 0 Å². The van der Waals surface area contributed by atoms with Crippen LogP contribution in [0.1, 0.15) is 21.5 Å². The van der Waals surface area contributed by atoms with E-state index in [1.165, 1.54) is 6.07 Å². The Morgan fingerprint density at radius 2 is 2.05 bits per heavy atom. The summed E-state index contributed by atoms with van der Waals surface area (Å²) >= 11 is 0. The summed E-state index contributed by atoms with van der Waals surface area (Å²) in [5, 5.41) is 9.91. The van der Waals surface area contributed by atoms with Gasteiger partial charge in [0.15, 0.2) is 0 Å². The minimum atomic E-state index is -0.999. The molecule has 3 aromatic rings. The van der Waals surface area contributed by atoms with Crippen molar-refractivity contribution in [2.75, 3.05) is 0 Å². The Hall–Kier alpha value is -2.75. The Morgan fingerprint density at radius 3 is 2.81 bits per heavy atom. The predicted octanol–water partition coefficient (Wildman–Crippen LogP) is 4.02. The van der Waals surface area contributed by atoms with Gasteiger partial charge in [0.05, 0.1) is 6.26 Å². The lowest BCUT2D eigenvalue weighted by atomic mass is 10.1. The Labute approximate surface area is 121 Å². The smallest absolute Gasteiger partial charge is 0.339 e. The first-order valence-electron chi connectivity index (χ1n) is 6.57. The second-order valence-electron chi connectivity index (χ2n) is 4.85. The van der Waals surface area contributed by atoms with Crippen LogP contribution in [-0.4, -0.2) is 11.1 Å². The van der Waals surface area contributed by atoms with Crippen molar-refractivity contribution in [1.29, 1.82) is 0 Å². The van der Waals surface area contributed by atoms with Crippen LogP contribution >= 0.6 is 0 Å². The summed E-state index contributed by atoms with van der Waals surface area (Å²) in [6.45, 7) is 2.33. The molecule has 3 rings (SSSR count). The van der Waals surface area contributed by atoms with Crippen LogP contribution in [0.15, 0.2) is 53.1 Å². The zero-order chi connectivity index (χ0) is 14.8. The molecule has 0 aliphatic rings. The lowest BCUT2D eigenvalue weighted by molar-refractivity contribution is 0.0698. The molecular formula is C17H14O4. The number of fused-ring (bicyclic) bond motifs is 1. The van der Waals surface area contributed by atoms with E-state index in [-0.39, 0.29) is 5.56 Å². The highest BCUT2D eigenvalue weighted by molar-refractivity contribution is 6.01. The first-order chi connectivity index (χ1) is 10.1. The number of ether oxygens (including phenoxy) is 1. The zero-order valence-electron chi connectivity index (χ0n) is 11.5. The van der Waals surface area contributed by atoms with Crippen molar-refractivity contribution in [3.63, 3.8) is 0 Å². The molecule has 2 aromatic carbocycles. The van der Waals surface area contributed by atoms with Crippen LogP contribution in [0, 0.1) is 6.92 Å². The van der Waals surface area contributed by atoms with E-state index in [9.17, 15) is 4.79 Å². The molecule has 0 fully saturated rings. The second kappa shape index (κ2) is 5.32. The quantitative estimate of drug-likeness (QED) is 0.785. The average Bonchev–Trinajstić information content (AvgIpc) is 2.88. The van der Waals surface area contributed by atoms with Crippen molar-refractivity contribution in [3.05, 3.63) is 65.4 Å². The standard InChI is InChI=1S/C17H14O4/c1-11-4-2-5-13(8-11)20-9-12-10-21-16-14(12)6-3-7-15(16)17(18)19/h2-8,10H,9H2,1H3,(H,18,19). The number of rotatable bonds is 4. The van der Waals surface area contributed by atoms with E-state index in [4.69, 9.17) is 14.3 Å². The number of carboxylic acid groups (broad SMARTS) is 1. The number of aryl methyl sites for hydroxylation is 1. The molecule has 0 unspecified atom stereocenters. The minimum Gasteiger partial charge on any atom is -0.489 e. The van der Waals surface area contributed by atoms with Crippen LogP contribution in [0.4, 0.5) is 0 Å². The number of carboxylic acids is 1. The highest BCUT2D eigenvalue weighted by Gasteiger charge is 2.14. The summed E-state index contributed by atoms with van der Waals surface area (Å²) in [6, 6.07) is 12.8. The fourth-order valence-corrected chi connectivity index (χ4v) is 2.26. The summed E-state index contributed by atoms with van der Waals surface area (Å²) in [6.07, 6.45) is 1.55. The summed E-state index contributed by atoms with van der Waals surface area (Å²) in [7, 11) is 0. The van der Waals surface area contributed by atoms with Crippen LogP contribution in [0.25, 0.3) is 11.0 Å². The van der Waals surface area contributed by atoms with Gasteiger partial charge in [0.25, 0.3) is 0 Å². The lowest BCUT2D eigenvalue weighted by Gasteiger charge is -2.05. The average molecular weight is 282 g/mol. The molecule has 0 bridgehead atoms. The first-order valence-corrected chi connectivity index (χ1v) is 6.57. The third-order valence-corrected chi connectivity index (χ3v) is 3.29. The van der Waals surface area contributed by atoms with Crippen LogP contribution < -0.4 is 4.74 Å². The molecule has 4 heteroatoms. The van der Waals surface area contributed by atoms with E-state index < -0.39 is 5.97 Å². The summed E-state index contributed by atoms with van der Waals surface area (Å²) in [4.78, 5) is 11.1. The van der Waals surface area contributed by atoms with Crippen molar-refractivity contribution in [2.24, 2.45) is 0 Å². The predicted molar refractivity (Wildman–Crippen MR) is 78.7 cm³/mol.